The molecule has 0 radical (unpaired) electrons. The Balaban J connectivity index is 1.71. The Hall–Kier alpha value is -1.91. The number of anilines is 1. The Morgan fingerprint density at radius 3 is 2.47 bits per heavy atom. The Kier molecular flexibility index (Phi) is 7.13. The van der Waals surface area contributed by atoms with Crippen molar-refractivity contribution in [3.8, 4) is 0 Å². The molecule has 1 aliphatic rings. The first kappa shape index (κ1) is 25.2. The fraction of sp³-hybridized carbons (Fsp3) is 0.478. The highest BCUT2D eigenvalue weighted by Crippen LogP contribution is 2.39. The standard InChI is InChI=1S/C23H25BrClF4N5/c1-4-15-12-33(22-10-20(25)30-21-9-19(24)31-34(21)22)16(5-2)11-32(15)13(3)17-7-6-14(26)8-18(17)23(27,28)29/h6-10,13,15-16H,4-5,11-12H2,1-3H3/t13?,15-,16+/m1/s1. The van der Waals surface area contributed by atoms with E-state index in [-0.39, 0.29) is 17.6 Å². The Morgan fingerprint density at radius 1 is 1.12 bits per heavy atom. The van der Waals surface area contributed by atoms with Crippen LogP contribution in [0.2, 0.25) is 5.15 Å². The van der Waals surface area contributed by atoms with Crippen molar-refractivity contribution in [2.24, 2.45) is 0 Å². The number of aromatic nitrogens is 3. The van der Waals surface area contributed by atoms with Crippen molar-refractivity contribution < 1.29 is 17.6 Å². The quantitative estimate of drug-likeness (QED) is 0.255. The van der Waals surface area contributed by atoms with Gasteiger partial charge in [0.1, 0.15) is 21.4 Å². The molecule has 0 N–H and O–H groups in total. The minimum absolute atomic E-state index is 0.00433. The zero-order chi connectivity index (χ0) is 24.8. The number of hydrogen-bond acceptors (Lipinski definition) is 4. The van der Waals surface area contributed by atoms with Gasteiger partial charge in [-0.15, -0.1) is 0 Å². The second-order valence-electron chi connectivity index (χ2n) is 8.55. The Bertz CT molecular complexity index is 1180. The highest BCUT2D eigenvalue weighted by molar-refractivity contribution is 9.10. The predicted molar refractivity (Wildman–Crippen MR) is 128 cm³/mol. The summed E-state index contributed by atoms with van der Waals surface area (Å²) in [7, 11) is 0. The number of rotatable bonds is 5. The molecule has 0 aliphatic carbocycles. The first-order valence-electron chi connectivity index (χ1n) is 11.1. The van der Waals surface area contributed by atoms with Gasteiger partial charge in [0, 0.05) is 43.3 Å². The third-order valence-corrected chi connectivity index (χ3v) is 7.17. The van der Waals surface area contributed by atoms with Crippen molar-refractivity contribution in [3.05, 3.63) is 57.0 Å². The summed E-state index contributed by atoms with van der Waals surface area (Å²) in [4.78, 5) is 8.64. The molecule has 184 valence electrons. The van der Waals surface area contributed by atoms with Gasteiger partial charge in [-0.3, -0.25) is 4.90 Å². The number of alkyl halides is 3. The summed E-state index contributed by atoms with van der Waals surface area (Å²) in [6.45, 7) is 6.94. The molecule has 1 saturated heterocycles. The summed E-state index contributed by atoms with van der Waals surface area (Å²) >= 11 is 9.69. The Morgan fingerprint density at radius 2 is 1.82 bits per heavy atom. The molecule has 1 unspecified atom stereocenters. The fourth-order valence-electron chi connectivity index (χ4n) is 4.86. The summed E-state index contributed by atoms with van der Waals surface area (Å²) in [5.74, 6) is -0.105. The first-order valence-corrected chi connectivity index (χ1v) is 12.3. The summed E-state index contributed by atoms with van der Waals surface area (Å²) in [5, 5.41) is 4.84. The van der Waals surface area contributed by atoms with Crippen molar-refractivity contribution >= 4 is 39.0 Å². The zero-order valence-electron chi connectivity index (χ0n) is 19.0. The molecule has 34 heavy (non-hydrogen) atoms. The largest absolute Gasteiger partial charge is 0.416 e. The highest BCUT2D eigenvalue weighted by atomic mass is 79.9. The van der Waals surface area contributed by atoms with Crippen LogP contribution in [0.5, 0.6) is 0 Å². The lowest BCUT2D eigenvalue weighted by atomic mass is 9.94. The van der Waals surface area contributed by atoms with Crippen LogP contribution in [0.3, 0.4) is 0 Å². The van der Waals surface area contributed by atoms with E-state index < -0.39 is 23.6 Å². The van der Waals surface area contributed by atoms with Crippen LogP contribution in [0.25, 0.3) is 5.65 Å². The molecule has 0 spiro atoms. The molecule has 0 saturated carbocycles. The van der Waals surface area contributed by atoms with Crippen molar-refractivity contribution in [1.29, 1.82) is 0 Å². The molecule has 3 aromatic rings. The van der Waals surface area contributed by atoms with Crippen LogP contribution in [0.4, 0.5) is 23.4 Å². The maximum absolute atomic E-state index is 13.7. The van der Waals surface area contributed by atoms with Gasteiger partial charge < -0.3 is 4.90 Å². The zero-order valence-corrected chi connectivity index (χ0v) is 21.3. The topological polar surface area (TPSA) is 36.7 Å². The smallest absolute Gasteiger partial charge is 0.351 e. The van der Waals surface area contributed by atoms with Crippen LogP contribution < -0.4 is 4.90 Å². The van der Waals surface area contributed by atoms with Crippen molar-refractivity contribution in [2.75, 3.05) is 18.0 Å². The summed E-state index contributed by atoms with van der Waals surface area (Å²) in [6.07, 6.45) is -3.14. The molecule has 3 heterocycles. The van der Waals surface area contributed by atoms with Gasteiger partial charge in [0.15, 0.2) is 5.65 Å². The average molecular weight is 563 g/mol. The number of halogens is 6. The van der Waals surface area contributed by atoms with Gasteiger partial charge in [-0.2, -0.15) is 22.8 Å². The van der Waals surface area contributed by atoms with E-state index in [1.807, 2.05) is 13.8 Å². The second kappa shape index (κ2) is 9.62. The van der Waals surface area contributed by atoms with Crippen LogP contribution in [0, 0.1) is 5.82 Å². The third kappa shape index (κ3) is 4.77. The van der Waals surface area contributed by atoms with Crippen molar-refractivity contribution in [3.63, 3.8) is 0 Å². The number of hydrogen-bond donors (Lipinski definition) is 0. The lowest BCUT2D eigenvalue weighted by molar-refractivity contribution is -0.139. The minimum atomic E-state index is -4.63. The molecule has 0 bridgehead atoms. The Labute approximate surface area is 208 Å². The van der Waals surface area contributed by atoms with Gasteiger partial charge in [0.2, 0.25) is 0 Å². The van der Waals surface area contributed by atoms with Gasteiger partial charge in [-0.1, -0.05) is 31.5 Å². The van der Waals surface area contributed by atoms with Crippen LogP contribution in [0.1, 0.15) is 50.8 Å². The van der Waals surface area contributed by atoms with E-state index in [1.165, 1.54) is 6.07 Å². The average Bonchev–Trinajstić information content (AvgIpc) is 3.16. The van der Waals surface area contributed by atoms with E-state index in [0.29, 0.717) is 34.6 Å². The van der Waals surface area contributed by atoms with Gasteiger partial charge >= 0.3 is 6.18 Å². The second-order valence-corrected chi connectivity index (χ2v) is 9.75. The minimum Gasteiger partial charge on any atom is -0.351 e. The summed E-state index contributed by atoms with van der Waals surface area (Å²) in [6, 6.07) is 5.92. The molecule has 0 amide bonds. The first-order chi connectivity index (χ1) is 16.0. The van der Waals surface area contributed by atoms with Gasteiger partial charge in [0.25, 0.3) is 0 Å². The number of nitrogens with zero attached hydrogens (tertiary/aromatic N) is 5. The SMILES string of the molecule is CC[C@H]1CN(C(C)c2ccc(F)cc2C(F)(F)F)[C@H](CC)CN1c1cc(Cl)nc2cc(Br)nn12. The summed E-state index contributed by atoms with van der Waals surface area (Å²) < 4.78 is 57.2. The van der Waals surface area contributed by atoms with Gasteiger partial charge in [-0.25, -0.2) is 9.37 Å². The molecule has 2 aromatic heterocycles. The van der Waals surface area contributed by atoms with Gasteiger partial charge in [-0.05, 0) is 53.4 Å². The lowest BCUT2D eigenvalue weighted by Crippen LogP contribution is -2.59. The van der Waals surface area contributed by atoms with Crippen molar-refractivity contribution in [2.45, 2.75) is 57.9 Å². The lowest BCUT2D eigenvalue weighted by Gasteiger charge is -2.49. The molecule has 11 heteroatoms. The number of fused-ring (bicyclic) bond motifs is 1. The maximum atomic E-state index is 13.7. The monoisotopic (exact) mass is 561 g/mol. The van der Waals surface area contributed by atoms with Gasteiger partial charge in [0.05, 0.1) is 5.56 Å². The maximum Gasteiger partial charge on any atom is 0.416 e. The van der Waals surface area contributed by atoms with Crippen LogP contribution >= 0.6 is 27.5 Å². The number of piperazine rings is 1. The summed E-state index contributed by atoms with van der Waals surface area (Å²) in [5.41, 5.74) is -0.232. The van der Waals surface area contributed by atoms with Crippen LogP contribution in [0.15, 0.2) is 34.9 Å². The van der Waals surface area contributed by atoms with E-state index in [9.17, 15) is 17.6 Å². The van der Waals surface area contributed by atoms with Crippen LogP contribution in [-0.4, -0.2) is 44.7 Å². The van der Waals surface area contributed by atoms with Crippen molar-refractivity contribution in [1.82, 2.24) is 19.5 Å². The molecule has 4 rings (SSSR count). The molecule has 1 aromatic carbocycles. The molecule has 1 aliphatic heterocycles. The molecular formula is C23H25BrClF4N5. The van der Waals surface area contributed by atoms with E-state index in [4.69, 9.17) is 11.6 Å². The predicted octanol–water partition coefficient (Wildman–Crippen LogP) is 6.74. The molecule has 5 nitrogen and oxygen atoms in total. The fourth-order valence-corrected chi connectivity index (χ4v) is 5.41. The number of benzene rings is 1. The molecule has 3 atom stereocenters. The normalized spacial score (nSPS) is 20.8. The van der Waals surface area contributed by atoms with E-state index >= 15 is 0 Å². The van der Waals surface area contributed by atoms with E-state index in [1.54, 1.807) is 23.6 Å². The van der Waals surface area contributed by atoms with E-state index in [2.05, 4.69) is 35.8 Å². The molecule has 1 fully saturated rings. The van der Waals surface area contributed by atoms with Crippen LogP contribution in [-0.2, 0) is 6.18 Å². The van der Waals surface area contributed by atoms with E-state index in [0.717, 1.165) is 24.7 Å². The molecular weight excluding hydrogens is 538 g/mol. The third-order valence-electron chi connectivity index (χ3n) is 6.59. The highest BCUT2D eigenvalue weighted by Gasteiger charge is 2.40.